The van der Waals surface area contributed by atoms with Gasteiger partial charge in [-0.25, -0.2) is 13.2 Å². The summed E-state index contributed by atoms with van der Waals surface area (Å²) in [6.07, 6.45) is 6.83. The molecule has 0 radical (unpaired) electrons. The Bertz CT molecular complexity index is 2000. The highest BCUT2D eigenvalue weighted by atomic mass is 79.9. The number of piperidine rings is 2. The number of anilines is 1. The lowest BCUT2D eigenvalue weighted by Gasteiger charge is -2.34. The van der Waals surface area contributed by atoms with Crippen LogP contribution >= 0.6 is 15.9 Å². The van der Waals surface area contributed by atoms with Crippen molar-refractivity contribution >= 4 is 67.9 Å². The number of likely N-dealkylation sites (tertiary alicyclic amines) is 1. The monoisotopic (exact) mass is 877 g/mol. The predicted molar refractivity (Wildman–Crippen MR) is 224 cm³/mol. The number of carbonyl (C=O) groups excluding carboxylic acids is 2. The summed E-state index contributed by atoms with van der Waals surface area (Å²) < 4.78 is 61.1. The Kier molecular flexibility index (Phi) is 17.3. The average molecular weight is 879 g/mol. The van der Waals surface area contributed by atoms with Gasteiger partial charge in [-0.05, 0) is 112 Å². The summed E-state index contributed by atoms with van der Waals surface area (Å²) in [5, 5.41) is 8.14. The van der Waals surface area contributed by atoms with E-state index in [2.05, 4.69) is 77.5 Å². The van der Waals surface area contributed by atoms with E-state index >= 15 is 0 Å². The third-order valence-electron chi connectivity index (χ3n) is 10.2. The normalized spacial score (nSPS) is 17.0. The SMILES string of the molecule is C=N/C=C(\C=NC1CCN(S(=O)(=O)c2ccc(Br)c(CC(C)CN3CCC(c4ccc5c(N(CCC=O)C(=O)NC)nn(C)c5c4)CC3)c2)CC1)OC(F)F.CN. The van der Waals surface area contributed by atoms with Gasteiger partial charge in [-0.3, -0.25) is 19.6 Å². The van der Waals surface area contributed by atoms with Crippen molar-refractivity contribution in [3.63, 3.8) is 0 Å². The molecule has 2 aliphatic rings. The molecule has 1 aromatic heterocycles. The highest BCUT2D eigenvalue weighted by molar-refractivity contribution is 9.10. The second-order valence-electron chi connectivity index (χ2n) is 14.0. The van der Waals surface area contributed by atoms with Crippen LogP contribution in [0.15, 0.2) is 67.7 Å². The Morgan fingerprint density at radius 3 is 2.47 bits per heavy atom. The van der Waals surface area contributed by atoms with Crippen molar-refractivity contribution in [3.05, 3.63) is 64.0 Å². The second-order valence-corrected chi connectivity index (χ2v) is 16.8. The van der Waals surface area contributed by atoms with Crippen LogP contribution in [-0.4, -0.2) is 119 Å². The van der Waals surface area contributed by atoms with E-state index in [1.807, 2.05) is 13.1 Å². The van der Waals surface area contributed by atoms with Gasteiger partial charge < -0.3 is 25.5 Å². The fourth-order valence-corrected chi connectivity index (χ4v) is 9.30. The Hall–Kier alpha value is -4.10. The molecule has 57 heavy (non-hydrogen) atoms. The number of aryl methyl sites for hydroxylation is 1. The first-order chi connectivity index (χ1) is 27.3. The number of hydrogen-bond donors (Lipinski definition) is 2. The van der Waals surface area contributed by atoms with Crippen LogP contribution in [0, 0.1) is 5.92 Å². The van der Waals surface area contributed by atoms with Crippen LogP contribution in [0.3, 0.4) is 0 Å². The quantitative estimate of drug-likeness (QED) is 0.105. The van der Waals surface area contributed by atoms with Crippen molar-refractivity contribution in [1.29, 1.82) is 0 Å². The number of fused-ring (bicyclic) bond motifs is 1. The lowest BCUT2D eigenvalue weighted by atomic mass is 9.88. The molecule has 1 atom stereocenters. The standard InChI is InChI=1S/C38H49BrF2N8O5S.CH5N/c1-26(20-29-21-32(7-9-34(29)39)55(52,53)48-17-12-30(13-18-48)44-24-31(23-42-2)54-37(40)41)25-47-15-10-27(11-16-47)28-6-8-33-35(22-28)46(4)45-36(33)49(14-5-19-50)38(51)43-3;1-2/h6-9,19,21-24,26-27,30,37H,2,5,10-18,20,25H2,1,3-4H3,(H,43,51);2H2,1H3/b31-23+,44-24?;. The molecule has 2 saturated heterocycles. The van der Waals surface area contributed by atoms with Crippen LogP contribution in [0.4, 0.5) is 19.4 Å². The number of carbonyl (C=O) groups is 2. The number of amides is 2. The van der Waals surface area contributed by atoms with Crippen LogP contribution in [0.5, 0.6) is 0 Å². The van der Waals surface area contributed by atoms with Gasteiger partial charge in [-0.15, -0.1) is 0 Å². The molecule has 2 aliphatic heterocycles. The Balaban J connectivity index is 0.00000354. The summed E-state index contributed by atoms with van der Waals surface area (Å²) >= 11 is 3.64. The van der Waals surface area contributed by atoms with Gasteiger partial charge in [0, 0.05) is 56.6 Å². The lowest BCUT2D eigenvalue weighted by molar-refractivity contribution is -0.107. The molecular weight excluding hydrogens is 824 g/mol. The maximum Gasteiger partial charge on any atom is 0.387 e. The zero-order valence-electron chi connectivity index (χ0n) is 33.0. The average Bonchev–Trinajstić information content (AvgIpc) is 3.53. The number of aromatic nitrogens is 2. The number of halogens is 3. The Labute approximate surface area is 342 Å². The van der Waals surface area contributed by atoms with Crippen molar-refractivity contribution < 1.29 is 31.5 Å². The van der Waals surface area contributed by atoms with E-state index < -0.39 is 16.6 Å². The molecule has 2 amide bonds. The third kappa shape index (κ3) is 12.0. The van der Waals surface area contributed by atoms with Gasteiger partial charge in [0.2, 0.25) is 10.0 Å². The first kappa shape index (κ1) is 45.6. The van der Waals surface area contributed by atoms with E-state index in [1.165, 1.54) is 28.0 Å². The van der Waals surface area contributed by atoms with Crippen LogP contribution in [0.25, 0.3) is 10.9 Å². The predicted octanol–water partition coefficient (Wildman–Crippen LogP) is 5.71. The number of sulfonamides is 1. The van der Waals surface area contributed by atoms with Crippen LogP contribution in [0.1, 0.15) is 56.1 Å². The molecule has 18 heteroatoms. The third-order valence-corrected chi connectivity index (χ3v) is 12.8. The van der Waals surface area contributed by atoms with E-state index in [4.69, 9.17) is 0 Å². The molecule has 1 unspecified atom stereocenters. The minimum atomic E-state index is -3.75. The largest absolute Gasteiger partial charge is 0.432 e. The van der Waals surface area contributed by atoms with Crippen molar-refractivity contribution in [2.75, 3.05) is 58.3 Å². The molecule has 14 nitrogen and oxygen atoms in total. The Morgan fingerprint density at radius 2 is 1.84 bits per heavy atom. The van der Waals surface area contributed by atoms with Crippen LogP contribution < -0.4 is 16.0 Å². The van der Waals surface area contributed by atoms with E-state index in [-0.39, 0.29) is 54.7 Å². The summed E-state index contributed by atoms with van der Waals surface area (Å²) in [5.74, 6) is 0.979. The highest BCUT2D eigenvalue weighted by Crippen LogP contribution is 2.34. The lowest BCUT2D eigenvalue weighted by Crippen LogP contribution is -2.39. The minimum Gasteiger partial charge on any atom is -0.432 e. The van der Waals surface area contributed by atoms with E-state index in [1.54, 1.807) is 29.9 Å². The number of alkyl halides is 2. The van der Waals surface area contributed by atoms with E-state index in [0.29, 0.717) is 31.0 Å². The molecule has 2 aromatic carbocycles. The van der Waals surface area contributed by atoms with Crippen molar-refractivity contribution in [2.24, 2.45) is 28.7 Å². The summed E-state index contributed by atoms with van der Waals surface area (Å²) in [6.45, 7) is 5.94. The number of aliphatic imine (C=N–C) groups is 2. The number of urea groups is 1. The second kappa shape index (κ2) is 21.6. The van der Waals surface area contributed by atoms with Gasteiger partial charge in [0.25, 0.3) is 0 Å². The molecule has 5 rings (SSSR count). The summed E-state index contributed by atoms with van der Waals surface area (Å²) in [5.41, 5.74) is 7.60. The maximum atomic E-state index is 13.7. The number of aldehydes is 1. The van der Waals surface area contributed by atoms with Gasteiger partial charge in [0.05, 0.1) is 28.9 Å². The van der Waals surface area contributed by atoms with Crippen molar-refractivity contribution in [3.8, 4) is 0 Å². The zero-order valence-corrected chi connectivity index (χ0v) is 35.4. The Morgan fingerprint density at radius 1 is 1.14 bits per heavy atom. The first-order valence-electron chi connectivity index (χ1n) is 19.0. The summed E-state index contributed by atoms with van der Waals surface area (Å²) in [6, 6.07) is 10.9. The number of nitrogens with one attached hydrogen (secondary N) is 1. The van der Waals surface area contributed by atoms with Crippen molar-refractivity contribution in [2.45, 2.75) is 68.9 Å². The summed E-state index contributed by atoms with van der Waals surface area (Å²) in [4.78, 5) is 35.6. The molecule has 3 N–H and O–H groups in total. The van der Waals surface area contributed by atoms with Gasteiger partial charge >= 0.3 is 12.6 Å². The topological polar surface area (TPSA) is 168 Å². The molecule has 2 fully saturated rings. The van der Waals surface area contributed by atoms with E-state index in [9.17, 15) is 26.8 Å². The zero-order chi connectivity index (χ0) is 41.7. The van der Waals surface area contributed by atoms with E-state index in [0.717, 1.165) is 65.9 Å². The number of hydrogen-bond acceptors (Lipinski definition) is 10. The molecule has 0 spiro atoms. The molecule has 0 saturated carbocycles. The summed E-state index contributed by atoms with van der Waals surface area (Å²) in [7, 11) is 1.17. The fourth-order valence-electron chi connectivity index (χ4n) is 7.37. The van der Waals surface area contributed by atoms with Gasteiger partial charge in [0.1, 0.15) is 6.29 Å². The first-order valence-corrected chi connectivity index (χ1v) is 21.2. The highest BCUT2D eigenvalue weighted by Gasteiger charge is 2.30. The fraction of sp³-hybridized carbons (Fsp3) is 0.513. The number of nitrogens with zero attached hydrogens (tertiary/aromatic N) is 7. The molecular formula is C39H54BrF2N9O5S. The van der Waals surface area contributed by atoms with Crippen molar-refractivity contribution in [1.82, 2.24) is 24.3 Å². The van der Waals surface area contributed by atoms with Gasteiger partial charge in [-0.2, -0.15) is 18.2 Å². The number of ether oxygens (including phenoxy) is 1. The molecule has 312 valence electrons. The smallest absolute Gasteiger partial charge is 0.387 e. The maximum absolute atomic E-state index is 13.7. The van der Waals surface area contributed by atoms with Gasteiger partial charge in [0.15, 0.2) is 11.6 Å². The minimum absolute atomic E-state index is 0.211. The molecule has 3 aromatic rings. The molecule has 0 bridgehead atoms. The molecule has 3 heterocycles. The molecule has 0 aliphatic carbocycles. The van der Waals surface area contributed by atoms with Gasteiger partial charge in [-0.1, -0.05) is 28.9 Å². The number of nitrogens with two attached hydrogens (primary N) is 1. The number of rotatable bonds is 16. The van der Waals surface area contributed by atoms with Crippen LogP contribution in [-0.2, 0) is 33.0 Å². The number of benzene rings is 2. The van der Waals surface area contributed by atoms with Crippen LogP contribution in [0.2, 0.25) is 0 Å². The number of allylic oxidation sites excluding steroid dienone is 1.